The number of fused-ring (bicyclic) bond motifs is 2. The molecule has 2 aliphatic carbocycles. The van der Waals surface area contributed by atoms with Crippen molar-refractivity contribution in [1.82, 2.24) is 0 Å². The van der Waals surface area contributed by atoms with Crippen LogP contribution in [0, 0.1) is 16.2 Å². The molecule has 112 valence electrons. The van der Waals surface area contributed by atoms with Gasteiger partial charge in [-0.1, -0.05) is 64.5 Å². The van der Waals surface area contributed by atoms with E-state index in [4.69, 9.17) is 0 Å². The summed E-state index contributed by atoms with van der Waals surface area (Å²) in [7, 11) is 0. The molecular weight excluding hydrogens is 254 g/mol. The van der Waals surface area contributed by atoms with Gasteiger partial charge in [-0.05, 0) is 35.8 Å². The van der Waals surface area contributed by atoms with Gasteiger partial charge in [0.1, 0.15) is 0 Å². The number of para-hydroxylation sites is 1. The lowest BCUT2D eigenvalue weighted by Crippen LogP contribution is -2.53. The van der Waals surface area contributed by atoms with Crippen LogP contribution in [-0.2, 0) is 0 Å². The fourth-order valence-corrected chi connectivity index (χ4v) is 5.69. The van der Waals surface area contributed by atoms with Crippen LogP contribution in [0.3, 0.4) is 0 Å². The minimum absolute atomic E-state index is 0.220. The van der Waals surface area contributed by atoms with E-state index in [-0.39, 0.29) is 10.8 Å². The van der Waals surface area contributed by atoms with Crippen molar-refractivity contribution in [1.29, 1.82) is 0 Å². The van der Waals surface area contributed by atoms with Crippen LogP contribution in [0.15, 0.2) is 35.9 Å². The molecule has 4 rings (SSSR count). The summed E-state index contributed by atoms with van der Waals surface area (Å²) in [5, 5.41) is 3.90. The van der Waals surface area contributed by atoms with Crippen molar-refractivity contribution in [2.24, 2.45) is 16.2 Å². The third kappa shape index (κ3) is 1.53. The fraction of sp³-hybridized carbons (Fsp3) is 0.600. The van der Waals surface area contributed by atoms with Crippen LogP contribution in [0.25, 0.3) is 0 Å². The molecule has 0 amide bonds. The number of benzene rings is 1. The molecule has 0 aromatic heterocycles. The second kappa shape index (κ2) is 3.74. The van der Waals surface area contributed by atoms with E-state index in [1.807, 2.05) is 0 Å². The molecule has 0 spiro atoms. The molecule has 1 heterocycles. The second-order valence-corrected chi connectivity index (χ2v) is 8.80. The molecule has 3 aliphatic rings. The van der Waals surface area contributed by atoms with E-state index < -0.39 is 0 Å². The standard InChI is InChI=1S/C20H27N/c1-18(2)11-10-14-13-8-6-7-9-15(13)21-17-19(3,4)12-16(18)20(14,17)5/h6-9,12,14,17,21H,10-11H2,1-5H3. The first-order chi connectivity index (χ1) is 9.77. The van der Waals surface area contributed by atoms with Gasteiger partial charge in [0.15, 0.2) is 0 Å². The Morgan fingerprint density at radius 3 is 2.52 bits per heavy atom. The van der Waals surface area contributed by atoms with Crippen molar-refractivity contribution < 1.29 is 0 Å². The predicted molar refractivity (Wildman–Crippen MR) is 89.6 cm³/mol. The molecule has 3 unspecified atom stereocenters. The highest BCUT2D eigenvalue weighted by Crippen LogP contribution is 2.68. The highest BCUT2D eigenvalue weighted by atomic mass is 15.0. The van der Waals surface area contributed by atoms with Crippen molar-refractivity contribution in [2.75, 3.05) is 5.32 Å². The Morgan fingerprint density at radius 2 is 1.76 bits per heavy atom. The molecule has 1 aliphatic heterocycles. The Hall–Kier alpha value is -1.24. The third-order valence-corrected chi connectivity index (χ3v) is 6.59. The maximum Gasteiger partial charge on any atom is 0.0443 e. The molecule has 1 aromatic carbocycles. The van der Waals surface area contributed by atoms with E-state index >= 15 is 0 Å². The molecule has 1 fully saturated rings. The number of nitrogens with one attached hydrogen (secondary N) is 1. The zero-order valence-electron chi connectivity index (χ0n) is 14.0. The lowest BCUT2D eigenvalue weighted by atomic mass is 9.52. The highest BCUT2D eigenvalue weighted by molar-refractivity contribution is 5.62. The number of rotatable bonds is 0. The van der Waals surface area contributed by atoms with Gasteiger partial charge in [-0.2, -0.15) is 0 Å². The second-order valence-electron chi connectivity index (χ2n) is 8.80. The van der Waals surface area contributed by atoms with E-state index in [1.165, 1.54) is 24.1 Å². The van der Waals surface area contributed by atoms with Crippen molar-refractivity contribution in [2.45, 2.75) is 59.4 Å². The third-order valence-electron chi connectivity index (χ3n) is 6.59. The Morgan fingerprint density at radius 1 is 1.05 bits per heavy atom. The maximum atomic E-state index is 3.90. The molecule has 1 saturated carbocycles. The van der Waals surface area contributed by atoms with Crippen LogP contribution in [0.1, 0.15) is 58.9 Å². The van der Waals surface area contributed by atoms with Crippen LogP contribution in [0.2, 0.25) is 0 Å². The van der Waals surface area contributed by atoms with Gasteiger partial charge in [-0.3, -0.25) is 0 Å². The zero-order chi connectivity index (χ0) is 15.0. The van der Waals surface area contributed by atoms with Crippen LogP contribution < -0.4 is 5.32 Å². The Bertz CT molecular complexity index is 637. The molecule has 1 heteroatoms. The molecule has 21 heavy (non-hydrogen) atoms. The first-order valence-electron chi connectivity index (χ1n) is 8.36. The smallest absolute Gasteiger partial charge is 0.0443 e. The lowest BCUT2D eigenvalue weighted by Gasteiger charge is -2.56. The Labute approximate surface area is 128 Å². The van der Waals surface area contributed by atoms with Crippen LogP contribution >= 0.6 is 0 Å². The van der Waals surface area contributed by atoms with E-state index in [0.717, 1.165) is 0 Å². The van der Waals surface area contributed by atoms with Gasteiger partial charge in [-0.15, -0.1) is 0 Å². The minimum atomic E-state index is 0.220. The Kier molecular flexibility index (Phi) is 2.39. The molecule has 1 nitrogen and oxygen atoms in total. The summed E-state index contributed by atoms with van der Waals surface area (Å²) in [5.74, 6) is 0.668. The topological polar surface area (TPSA) is 12.0 Å². The summed E-state index contributed by atoms with van der Waals surface area (Å²) in [6.45, 7) is 12.2. The summed E-state index contributed by atoms with van der Waals surface area (Å²) >= 11 is 0. The molecule has 1 N–H and O–H groups in total. The van der Waals surface area contributed by atoms with Crippen molar-refractivity contribution >= 4 is 5.69 Å². The molecule has 0 bridgehead atoms. The SMILES string of the molecule is CC1(C)CCC2c3ccccc3NC3C(C)(C)C=C1C23C. The Balaban J connectivity index is 1.96. The predicted octanol–water partition coefficient (Wildman–Crippen LogP) is 5.36. The van der Waals surface area contributed by atoms with E-state index in [0.29, 0.717) is 17.4 Å². The molecule has 3 atom stereocenters. The van der Waals surface area contributed by atoms with Crippen molar-refractivity contribution in [3.8, 4) is 0 Å². The lowest BCUT2D eigenvalue weighted by molar-refractivity contribution is 0.126. The summed E-state index contributed by atoms with van der Waals surface area (Å²) < 4.78 is 0. The number of hydrogen-bond acceptors (Lipinski definition) is 1. The monoisotopic (exact) mass is 281 g/mol. The summed E-state index contributed by atoms with van der Waals surface area (Å²) in [6, 6.07) is 9.49. The summed E-state index contributed by atoms with van der Waals surface area (Å²) in [4.78, 5) is 0. The van der Waals surface area contributed by atoms with Gasteiger partial charge in [-0.25, -0.2) is 0 Å². The van der Waals surface area contributed by atoms with Gasteiger partial charge in [0, 0.05) is 22.6 Å². The fourth-order valence-electron chi connectivity index (χ4n) is 5.69. The first-order valence-corrected chi connectivity index (χ1v) is 8.36. The van der Waals surface area contributed by atoms with Gasteiger partial charge >= 0.3 is 0 Å². The molecule has 0 saturated heterocycles. The largest absolute Gasteiger partial charge is 0.380 e. The van der Waals surface area contributed by atoms with E-state index in [1.54, 1.807) is 5.57 Å². The first kappa shape index (κ1) is 13.4. The van der Waals surface area contributed by atoms with Crippen LogP contribution in [0.5, 0.6) is 0 Å². The normalized spacial score (nSPS) is 38.0. The van der Waals surface area contributed by atoms with E-state index in [9.17, 15) is 0 Å². The summed E-state index contributed by atoms with van der Waals surface area (Å²) in [5.41, 5.74) is 5.42. The molecule has 1 aromatic rings. The van der Waals surface area contributed by atoms with Crippen LogP contribution in [0.4, 0.5) is 5.69 Å². The molecular formula is C20H27N. The van der Waals surface area contributed by atoms with Gasteiger partial charge in [0.2, 0.25) is 0 Å². The number of anilines is 1. The van der Waals surface area contributed by atoms with Gasteiger partial charge in [0.25, 0.3) is 0 Å². The van der Waals surface area contributed by atoms with Gasteiger partial charge < -0.3 is 5.32 Å². The molecule has 0 radical (unpaired) electrons. The van der Waals surface area contributed by atoms with Crippen LogP contribution in [-0.4, -0.2) is 6.04 Å². The maximum absolute atomic E-state index is 3.90. The highest BCUT2D eigenvalue weighted by Gasteiger charge is 2.61. The quantitative estimate of drug-likeness (QED) is 0.631. The summed E-state index contributed by atoms with van der Waals surface area (Å²) in [6.07, 6.45) is 5.21. The minimum Gasteiger partial charge on any atom is -0.380 e. The van der Waals surface area contributed by atoms with Gasteiger partial charge in [0.05, 0.1) is 0 Å². The average Bonchev–Trinajstić information content (AvgIpc) is 2.62. The van der Waals surface area contributed by atoms with Crippen molar-refractivity contribution in [3.05, 3.63) is 41.5 Å². The number of hydrogen-bond donors (Lipinski definition) is 1. The van der Waals surface area contributed by atoms with E-state index in [2.05, 4.69) is 70.3 Å². The zero-order valence-corrected chi connectivity index (χ0v) is 14.0. The van der Waals surface area contributed by atoms with Crippen molar-refractivity contribution in [3.63, 3.8) is 0 Å². The average molecular weight is 281 g/mol.